The van der Waals surface area contributed by atoms with Crippen LogP contribution in [0.2, 0.25) is 0 Å². The van der Waals surface area contributed by atoms with Crippen molar-refractivity contribution in [3.8, 4) is 5.75 Å². The summed E-state index contributed by atoms with van der Waals surface area (Å²) in [5, 5.41) is 9.80. The average Bonchev–Trinajstić information content (AvgIpc) is 2.60. The molecule has 1 N–H and O–H groups in total. The second-order valence-electron chi connectivity index (χ2n) is 7.20. The number of quaternary nitrogens is 1. The first-order valence-electron chi connectivity index (χ1n) is 10.3. The normalized spacial score (nSPS) is 11.3. The van der Waals surface area contributed by atoms with E-state index in [1.807, 2.05) is 12.1 Å². The van der Waals surface area contributed by atoms with Gasteiger partial charge in [-0.15, -0.1) is 0 Å². The first-order chi connectivity index (χ1) is 11.7. The fourth-order valence-corrected chi connectivity index (χ4v) is 3.72. The lowest BCUT2D eigenvalue weighted by atomic mass is 10.1. The standard InChI is InChI=1S/C22H39NO.BrH/c1-4-7-8-9-10-11-12-13-14-15-19-23(5-2,6-3)21-17-16-18-22(24)20-21;/h16-18,20H,4-15,19H2,1-3H3;1H. The Kier molecular flexibility index (Phi) is 14.3. The molecule has 2 nitrogen and oxygen atoms in total. The maximum absolute atomic E-state index is 9.80. The van der Waals surface area contributed by atoms with E-state index in [-0.39, 0.29) is 17.0 Å². The van der Waals surface area contributed by atoms with Gasteiger partial charge in [0.05, 0.1) is 19.6 Å². The topological polar surface area (TPSA) is 20.2 Å². The van der Waals surface area contributed by atoms with Crippen LogP contribution in [0.25, 0.3) is 0 Å². The third-order valence-electron chi connectivity index (χ3n) is 5.53. The van der Waals surface area contributed by atoms with Crippen molar-refractivity contribution in [1.29, 1.82) is 0 Å². The number of aromatic hydroxyl groups is 1. The zero-order valence-electron chi connectivity index (χ0n) is 16.8. The lowest BCUT2D eigenvalue weighted by molar-refractivity contribution is -0.00000633. The molecule has 0 amide bonds. The number of phenolic OH excluding ortho intramolecular Hbond substituents is 1. The van der Waals surface area contributed by atoms with Crippen molar-refractivity contribution in [3.63, 3.8) is 0 Å². The van der Waals surface area contributed by atoms with Crippen LogP contribution in [0.1, 0.15) is 85.0 Å². The molecule has 0 fully saturated rings. The molecular weight excluding hydrogens is 374 g/mol. The van der Waals surface area contributed by atoms with Gasteiger partial charge in [-0.05, 0) is 38.8 Å². The van der Waals surface area contributed by atoms with E-state index in [0.29, 0.717) is 5.75 Å². The molecule has 0 spiro atoms. The number of benzene rings is 1. The van der Waals surface area contributed by atoms with Gasteiger partial charge in [0.1, 0.15) is 11.4 Å². The van der Waals surface area contributed by atoms with E-state index < -0.39 is 0 Å². The van der Waals surface area contributed by atoms with Crippen LogP contribution in [0.5, 0.6) is 5.75 Å². The minimum absolute atomic E-state index is 0. The van der Waals surface area contributed by atoms with Crippen molar-refractivity contribution >= 4 is 5.69 Å². The second kappa shape index (κ2) is 14.6. The molecule has 1 aromatic rings. The Morgan fingerprint density at radius 2 is 1.28 bits per heavy atom. The van der Waals surface area contributed by atoms with E-state index in [0.717, 1.165) is 17.6 Å². The minimum atomic E-state index is 0. The van der Waals surface area contributed by atoms with Crippen LogP contribution in [0.3, 0.4) is 0 Å². The molecule has 0 radical (unpaired) electrons. The molecule has 25 heavy (non-hydrogen) atoms. The molecule has 1 rings (SSSR count). The predicted molar refractivity (Wildman–Crippen MR) is 108 cm³/mol. The summed E-state index contributed by atoms with van der Waals surface area (Å²) in [6.45, 7) is 10.2. The van der Waals surface area contributed by atoms with Crippen LogP contribution in [-0.2, 0) is 0 Å². The monoisotopic (exact) mass is 413 g/mol. The highest BCUT2D eigenvalue weighted by Gasteiger charge is 2.26. The van der Waals surface area contributed by atoms with Gasteiger partial charge in [-0.1, -0.05) is 64.4 Å². The number of rotatable bonds is 14. The van der Waals surface area contributed by atoms with E-state index >= 15 is 0 Å². The molecular formula is C22H40BrNO. The lowest BCUT2D eigenvalue weighted by Gasteiger charge is -2.36. The van der Waals surface area contributed by atoms with Crippen LogP contribution in [0.4, 0.5) is 5.69 Å². The third kappa shape index (κ3) is 9.10. The summed E-state index contributed by atoms with van der Waals surface area (Å²) in [5.74, 6) is 0.389. The number of hydrogen-bond donors (Lipinski definition) is 1. The molecule has 1 aromatic carbocycles. The van der Waals surface area contributed by atoms with E-state index in [9.17, 15) is 5.11 Å². The van der Waals surface area contributed by atoms with Crippen molar-refractivity contribution in [2.75, 3.05) is 19.6 Å². The fraction of sp³-hybridized carbons (Fsp3) is 0.727. The molecule has 0 aliphatic rings. The average molecular weight is 414 g/mol. The zero-order chi connectivity index (χ0) is 17.7. The maximum Gasteiger partial charge on any atom is 0.136 e. The van der Waals surface area contributed by atoms with Gasteiger partial charge in [-0.3, -0.25) is 4.48 Å². The Bertz CT molecular complexity index is 432. The number of phenols is 1. The zero-order valence-corrected chi connectivity index (χ0v) is 18.4. The highest BCUT2D eigenvalue weighted by Crippen LogP contribution is 2.27. The van der Waals surface area contributed by atoms with Crippen molar-refractivity contribution in [1.82, 2.24) is 4.48 Å². The van der Waals surface area contributed by atoms with Gasteiger partial charge >= 0.3 is 0 Å². The molecule has 0 unspecified atom stereocenters. The van der Waals surface area contributed by atoms with E-state index in [1.165, 1.54) is 76.4 Å². The molecule has 0 bridgehead atoms. The van der Waals surface area contributed by atoms with Crippen LogP contribution < -0.4 is 21.5 Å². The molecule has 3 heteroatoms. The number of hydrogen-bond acceptors (Lipinski definition) is 1. The fourth-order valence-electron chi connectivity index (χ4n) is 3.72. The molecule has 0 heterocycles. The predicted octanol–water partition coefficient (Wildman–Crippen LogP) is 3.66. The molecule has 0 atom stereocenters. The van der Waals surface area contributed by atoms with Gasteiger partial charge in [0.2, 0.25) is 0 Å². The van der Waals surface area contributed by atoms with E-state index in [1.54, 1.807) is 6.07 Å². The summed E-state index contributed by atoms with van der Waals surface area (Å²) in [6, 6.07) is 7.86. The van der Waals surface area contributed by atoms with Crippen LogP contribution in [-0.4, -0.2) is 24.7 Å². The van der Waals surface area contributed by atoms with Gasteiger partial charge in [0, 0.05) is 6.07 Å². The van der Waals surface area contributed by atoms with Gasteiger partial charge in [-0.25, -0.2) is 0 Å². The lowest BCUT2D eigenvalue weighted by Crippen LogP contribution is -3.00. The maximum atomic E-state index is 9.80. The number of halogens is 1. The summed E-state index contributed by atoms with van der Waals surface area (Å²) >= 11 is 0. The third-order valence-corrected chi connectivity index (χ3v) is 5.53. The van der Waals surface area contributed by atoms with Crippen molar-refractivity contribution < 1.29 is 22.1 Å². The molecule has 0 aliphatic carbocycles. The Labute approximate surface area is 167 Å². The minimum Gasteiger partial charge on any atom is -1.00 e. The van der Waals surface area contributed by atoms with Gasteiger partial charge in [0.15, 0.2) is 0 Å². The summed E-state index contributed by atoms with van der Waals surface area (Å²) < 4.78 is 0.991. The van der Waals surface area contributed by atoms with Gasteiger partial charge < -0.3 is 22.1 Å². The SMILES string of the molecule is CCCCCCCCCCCC[N+](CC)(CC)c1cccc(O)c1.[Br-]. The molecule has 0 saturated heterocycles. The summed E-state index contributed by atoms with van der Waals surface area (Å²) in [7, 11) is 0. The summed E-state index contributed by atoms with van der Waals surface area (Å²) in [6.07, 6.45) is 13.8. The Morgan fingerprint density at radius 1 is 0.760 bits per heavy atom. The molecule has 0 saturated carbocycles. The smallest absolute Gasteiger partial charge is 0.136 e. The first kappa shape index (κ1) is 24.5. The summed E-state index contributed by atoms with van der Waals surface area (Å²) in [4.78, 5) is 0. The summed E-state index contributed by atoms with van der Waals surface area (Å²) in [5.41, 5.74) is 1.26. The van der Waals surface area contributed by atoms with E-state index in [4.69, 9.17) is 0 Å². The molecule has 0 aliphatic heterocycles. The van der Waals surface area contributed by atoms with Gasteiger partial charge in [-0.2, -0.15) is 0 Å². The Balaban J connectivity index is 0.00000576. The number of nitrogens with zero attached hydrogens (tertiary/aromatic N) is 1. The largest absolute Gasteiger partial charge is 1.00 e. The number of unbranched alkanes of at least 4 members (excludes halogenated alkanes) is 9. The van der Waals surface area contributed by atoms with Crippen molar-refractivity contribution in [3.05, 3.63) is 24.3 Å². The van der Waals surface area contributed by atoms with Crippen molar-refractivity contribution in [2.45, 2.75) is 85.0 Å². The molecule has 146 valence electrons. The Morgan fingerprint density at radius 3 is 1.76 bits per heavy atom. The van der Waals surface area contributed by atoms with E-state index in [2.05, 4.69) is 26.8 Å². The van der Waals surface area contributed by atoms with Crippen molar-refractivity contribution in [2.24, 2.45) is 0 Å². The Hall–Kier alpha value is -0.540. The highest BCUT2D eigenvalue weighted by atomic mass is 79.9. The van der Waals surface area contributed by atoms with Crippen LogP contribution in [0, 0.1) is 0 Å². The van der Waals surface area contributed by atoms with Crippen LogP contribution in [0.15, 0.2) is 24.3 Å². The second-order valence-corrected chi connectivity index (χ2v) is 7.20. The first-order valence-corrected chi connectivity index (χ1v) is 10.3. The highest BCUT2D eigenvalue weighted by molar-refractivity contribution is 5.47. The van der Waals surface area contributed by atoms with Crippen LogP contribution >= 0.6 is 0 Å². The quantitative estimate of drug-likeness (QED) is 0.364. The van der Waals surface area contributed by atoms with Gasteiger partial charge in [0.25, 0.3) is 0 Å². The molecule has 0 aromatic heterocycles.